The van der Waals surface area contributed by atoms with Crippen LogP contribution in [0.15, 0.2) is 12.1 Å². The highest BCUT2D eigenvalue weighted by molar-refractivity contribution is 5.39. The SMILES string of the molecule is CNC(COCCC(C)(C)OC)c1c(C)cc(C)cc1C. The van der Waals surface area contributed by atoms with Crippen molar-refractivity contribution in [1.29, 1.82) is 0 Å². The van der Waals surface area contributed by atoms with Crippen molar-refractivity contribution in [1.82, 2.24) is 5.32 Å². The lowest BCUT2D eigenvalue weighted by molar-refractivity contribution is -0.0122. The van der Waals surface area contributed by atoms with Gasteiger partial charge >= 0.3 is 0 Å². The van der Waals surface area contributed by atoms with Gasteiger partial charge in [0.05, 0.1) is 18.2 Å². The minimum atomic E-state index is -0.120. The molecule has 0 aliphatic heterocycles. The summed E-state index contributed by atoms with van der Waals surface area (Å²) in [5, 5.41) is 3.37. The Balaban J connectivity index is 2.64. The number of hydrogen-bond acceptors (Lipinski definition) is 3. The van der Waals surface area contributed by atoms with Gasteiger partial charge < -0.3 is 14.8 Å². The molecule has 1 rings (SSSR count). The van der Waals surface area contributed by atoms with Crippen molar-refractivity contribution in [2.45, 2.75) is 52.7 Å². The van der Waals surface area contributed by atoms with Crippen molar-refractivity contribution in [2.24, 2.45) is 0 Å². The molecule has 3 heteroatoms. The molecule has 0 saturated carbocycles. The van der Waals surface area contributed by atoms with Gasteiger partial charge in [0.2, 0.25) is 0 Å². The van der Waals surface area contributed by atoms with E-state index in [0.717, 1.165) is 6.42 Å². The van der Waals surface area contributed by atoms with Gasteiger partial charge in [-0.15, -0.1) is 0 Å². The average molecular weight is 293 g/mol. The smallest absolute Gasteiger partial charge is 0.0661 e. The Morgan fingerprint density at radius 2 is 1.71 bits per heavy atom. The summed E-state index contributed by atoms with van der Waals surface area (Å²) in [7, 11) is 3.74. The minimum absolute atomic E-state index is 0.120. The molecule has 0 aromatic heterocycles. The van der Waals surface area contributed by atoms with Gasteiger partial charge in [0.15, 0.2) is 0 Å². The predicted octanol–water partition coefficient (Wildman–Crippen LogP) is 3.70. The van der Waals surface area contributed by atoms with E-state index in [2.05, 4.69) is 52.1 Å². The molecule has 0 bridgehead atoms. The van der Waals surface area contributed by atoms with E-state index in [9.17, 15) is 0 Å². The van der Waals surface area contributed by atoms with Crippen LogP contribution in [0.4, 0.5) is 0 Å². The van der Waals surface area contributed by atoms with Gasteiger partial charge in [0, 0.05) is 13.7 Å². The molecule has 3 nitrogen and oxygen atoms in total. The highest BCUT2D eigenvalue weighted by Crippen LogP contribution is 2.24. The monoisotopic (exact) mass is 293 g/mol. The highest BCUT2D eigenvalue weighted by atomic mass is 16.5. The zero-order valence-corrected chi connectivity index (χ0v) is 14.7. The second kappa shape index (κ2) is 7.92. The molecule has 0 fully saturated rings. The Morgan fingerprint density at radius 1 is 1.14 bits per heavy atom. The largest absolute Gasteiger partial charge is 0.379 e. The number of methoxy groups -OCH3 is 1. The molecular formula is C18H31NO2. The predicted molar refractivity (Wildman–Crippen MR) is 89.0 cm³/mol. The fraction of sp³-hybridized carbons (Fsp3) is 0.667. The second-order valence-corrected chi connectivity index (χ2v) is 6.44. The summed E-state index contributed by atoms with van der Waals surface area (Å²) < 4.78 is 11.3. The number of likely N-dealkylation sites (N-methyl/N-ethyl adjacent to an activating group) is 1. The lowest BCUT2D eigenvalue weighted by Gasteiger charge is -2.25. The molecular weight excluding hydrogens is 262 g/mol. The maximum Gasteiger partial charge on any atom is 0.0661 e. The van der Waals surface area contributed by atoms with E-state index < -0.39 is 0 Å². The molecule has 0 spiro atoms. The standard InChI is InChI=1S/C18H31NO2/c1-13-10-14(2)17(15(3)11-13)16(19-6)12-21-9-8-18(4,5)20-7/h10-11,16,19H,8-9,12H2,1-7H3. The van der Waals surface area contributed by atoms with Crippen LogP contribution < -0.4 is 5.32 Å². The molecule has 1 aromatic carbocycles. The first-order valence-corrected chi connectivity index (χ1v) is 7.68. The molecule has 0 aliphatic rings. The zero-order valence-electron chi connectivity index (χ0n) is 14.7. The Bertz CT molecular complexity index is 432. The lowest BCUT2D eigenvalue weighted by Crippen LogP contribution is -2.27. The topological polar surface area (TPSA) is 30.5 Å². The first-order valence-electron chi connectivity index (χ1n) is 7.68. The van der Waals surface area contributed by atoms with Crippen LogP contribution in [-0.2, 0) is 9.47 Å². The van der Waals surface area contributed by atoms with Crippen molar-refractivity contribution in [3.05, 3.63) is 34.4 Å². The number of rotatable bonds is 8. The first-order chi connectivity index (χ1) is 9.80. The fourth-order valence-corrected chi connectivity index (χ4v) is 2.67. The number of hydrogen-bond donors (Lipinski definition) is 1. The molecule has 0 saturated heterocycles. The lowest BCUT2D eigenvalue weighted by atomic mass is 9.94. The maximum absolute atomic E-state index is 5.88. The summed E-state index contributed by atoms with van der Waals surface area (Å²) >= 11 is 0. The molecule has 0 heterocycles. The summed E-state index contributed by atoms with van der Waals surface area (Å²) in [4.78, 5) is 0. The molecule has 0 radical (unpaired) electrons. The van der Waals surface area contributed by atoms with Gasteiger partial charge in [-0.2, -0.15) is 0 Å². The third-order valence-electron chi connectivity index (χ3n) is 4.12. The number of nitrogens with one attached hydrogen (secondary N) is 1. The van der Waals surface area contributed by atoms with Crippen LogP contribution in [0.2, 0.25) is 0 Å². The van der Waals surface area contributed by atoms with E-state index in [0.29, 0.717) is 13.2 Å². The fourth-order valence-electron chi connectivity index (χ4n) is 2.67. The molecule has 0 amide bonds. The van der Waals surface area contributed by atoms with Crippen molar-refractivity contribution >= 4 is 0 Å². The van der Waals surface area contributed by atoms with Crippen LogP contribution in [0.3, 0.4) is 0 Å². The normalized spacial score (nSPS) is 13.5. The van der Waals surface area contributed by atoms with Crippen molar-refractivity contribution in [3.63, 3.8) is 0 Å². The number of aryl methyl sites for hydroxylation is 3. The molecule has 21 heavy (non-hydrogen) atoms. The number of ether oxygens (including phenoxy) is 2. The number of benzene rings is 1. The van der Waals surface area contributed by atoms with E-state index >= 15 is 0 Å². The van der Waals surface area contributed by atoms with Crippen molar-refractivity contribution in [3.8, 4) is 0 Å². The van der Waals surface area contributed by atoms with E-state index in [1.807, 2.05) is 7.05 Å². The van der Waals surface area contributed by atoms with Gasteiger partial charge in [0.25, 0.3) is 0 Å². The summed E-state index contributed by atoms with van der Waals surface area (Å²) in [6.07, 6.45) is 0.895. The Morgan fingerprint density at radius 3 is 2.19 bits per heavy atom. The van der Waals surface area contributed by atoms with E-state index in [4.69, 9.17) is 9.47 Å². The zero-order chi connectivity index (χ0) is 16.0. The third kappa shape index (κ3) is 5.42. The van der Waals surface area contributed by atoms with Gasteiger partial charge in [-0.1, -0.05) is 17.7 Å². The van der Waals surface area contributed by atoms with Crippen molar-refractivity contribution in [2.75, 3.05) is 27.4 Å². The van der Waals surface area contributed by atoms with Gasteiger partial charge in [-0.25, -0.2) is 0 Å². The summed E-state index contributed by atoms with van der Waals surface area (Å²) in [6, 6.07) is 4.71. The third-order valence-corrected chi connectivity index (χ3v) is 4.12. The van der Waals surface area contributed by atoms with Crippen molar-refractivity contribution < 1.29 is 9.47 Å². The highest BCUT2D eigenvalue weighted by Gasteiger charge is 2.18. The summed E-state index contributed by atoms with van der Waals surface area (Å²) in [5.74, 6) is 0. The van der Waals surface area contributed by atoms with Gasteiger partial charge in [0.1, 0.15) is 0 Å². The van der Waals surface area contributed by atoms with Crippen LogP contribution >= 0.6 is 0 Å². The Hall–Kier alpha value is -0.900. The van der Waals surface area contributed by atoms with Gasteiger partial charge in [-0.05, 0) is 64.8 Å². The van der Waals surface area contributed by atoms with Crippen LogP contribution in [0, 0.1) is 20.8 Å². The van der Waals surface area contributed by atoms with Crippen LogP contribution in [0.1, 0.15) is 48.6 Å². The Kier molecular flexibility index (Phi) is 6.85. The summed E-state index contributed by atoms with van der Waals surface area (Å²) in [5.41, 5.74) is 5.20. The van der Waals surface area contributed by atoms with Crippen LogP contribution in [0.25, 0.3) is 0 Å². The maximum atomic E-state index is 5.88. The quantitative estimate of drug-likeness (QED) is 0.741. The van der Waals surface area contributed by atoms with Gasteiger partial charge in [-0.3, -0.25) is 0 Å². The molecule has 0 aliphatic carbocycles. The molecule has 1 unspecified atom stereocenters. The molecule has 1 atom stereocenters. The van der Waals surface area contributed by atoms with E-state index in [-0.39, 0.29) is 11.6 Å². The van der Waals surface area contributed by atoms with E-state index in [1.165, 1.54) is 22.3 Å². The minimum Gasteiger partial charge on any atom is -0.379 e. The molecule has 1 N–H and O–H groups in total. The van der Waals surface area contributed by atoms with Crippen LogP contribution in [-0.4, -0.2) is 33.0 Å². The van der Waals surface area contributed by atoms with Crippen LogP contribution in [0.5, 0.6) is 0 Å². The Labute approximate surface area is 130 Å². The average Bonchev–Trinajstić information content (AvgIpc) is 2.40. The molecule has 1 aromatic rings. The summed E-state index contributed by atoms with van der Waals surface area (Å²) in [6.45, 7) is 12.0. The molecule has 120 valence electrons. The second-order valence-electron chi connectivity index (χ2n) is 6.44. The first kappa shape index (κ1) is 18.1. The van der Waals surface area contributed by atoms with E-state index in [1.54, 1.807) is 7.11 Å².